The molecule has 0 aromatic carbocycles. The van der Waals surface area contributed by atoms with Crippen molar-refractivity contribution >= 4 is 17.6 Å². The molecule has 1 heterocycles. The van der Waals surface area contributed by atoms with Gasteiger partial charge in [0, 0.05) is 20.2 Å². The van der Waals surface area contributed by atoms with Crippen LogP contribution in [0.5, 0.6) is 5.88 Å². The van der Waals surface area contributed by atoms with Gasteiger partial charge in [-0.25, -0.2) is 4.98 Å². The number of thioether (sulfide) groups is 1. The quantitative estimate of drug-likeness (QED) is 0.450. The van der Waals surface area contributed by atoms with Crippen molar-refractivity contribution in [3.8, 4) is 5.88 Å². The first-order valence-corrected chi connectivity index (χ1v) is 5.75. The summed E-state index contributed by atoms with van der Waals surface area (Å²) in [6.45, 7) is 1.04. The molecule has 0 spiro atoms. The van der Waals surface area contributed by atoms with Crippen LogP contribution < -0.4 is 10.1 Å². The summed E-state index contributed by atoms with van der Waals surface area (Å²) >= 11 is 1.48. The number of anilines is 1. The van der Waals surface area contributed by atoms with Crippen LogP contribution in [-0.4, -0.2) is 43.6 Å². The van der Waals surface area contributed by atoms with Crippen LogP contribution in [-0.2, 0) is 4.74 Å². The molecular weight excluding hydrogens is 214 g/mol. The summed E-state index contributed by atoms with van der Waals surface area (Å²) in [6.07, 6.45) is 1.92. The van der Waals surface area contributed by atoms with E-state index >= 15 is 0 Å². The van der Waals surface area contributed by atoms with E-state index in [0.29, 0.717) is 24.3 Å². The zero-order chi connectivity index (χ0) is 11.1. The minimum atomic E-state index is 0.491. The number of rotatable bonds is 6. The standard InChI is InChI=1S/C9H15N3O2S/c1-10-7-6-8(14-5-4-13-2)12-9(11-7)15-3/h6H,4-5H2,1-3H3,(H,10,11,12). The van der Waals surface area contributed by atoms with Gasteiger partial charge in [0.2, 0.25) is 5.88 Å². The molecule has 0 fully saturated rings. The van der Waals surface area contributed by atoms with Gasteiger partial charge in [0.1, 0.15) is 12.4 Å². The van der Waals surface area contributed by atoms with Gasteiger partial charge in [-0.05, 0) is 6.26 Å². The molecule has 0 saturated heterocycles. The Kier molecular flexibility index (Phi) is 5.20. The first kappa shape index (κ1) is 12.1. The normalized spacial score (nSPS) is 10.1. The Morgan fingerprint density at radius 3 is 2.80 bits per heavy atom. The molecule has 5 nitrogen and oxygen atoms in total. The van der Waals surface area contributed by atoms with E-state index in [1.165, 1.54) is 11.8 Å². The Hall–Kier alpha value is -1.01. The van der Waals surface area contributed by atoms with E-state index < -0.39 is 0 Å². The third-order valence-electron chi connectivity index (χ3n) is 1.66. The molecule has 0 atom stereocenters. The van der Waals surface area contributed by atoms with Crippen LogP contribution in [0.4, 0.5) is 5.82 Å². The largest absolute Gasteiger partial charge is 0.475 e. The van der Waals surface area contributed by atoms with E-state index in [0.717, 1.165) is 5.82 Å². The zero-order valence-electron chi connectivity index (χ0n) is 9.11. The van der Waals surface area contributed by atoms with Crippen molar-refractivity contribution in [1.82, 2.24) is 9.97 Å². The van der Waals surface area contributed by atoms with Crippen molar-refractivity contribution in [3.05, 3.63) is 6.07 Å². The molecule has 15 heavy (non-hydrogen) atoms. The van der Waals surface area contributed by atoms with Crippen molar-refractivity contribution in [2.75, 3.05) is 38.9 Å². The molecule has 0 amide bonds. The topological polar surface area (TPSA) is 56.3 Å². The van der Waals surface area contributed by atoms with Crippen molar-refractivity contribution in [3.63, 3.8) is 0 Å². The Bertz CT molecular complexity index is 287. The number of nitrogens with zero attached hydrogens (tertiary/aromatic N) is 2. The molecule has 0 unspecified atom stereocenters. The van der Waals surface area contributed by atoms with Gasteiger partial charge in [-0.3, -0.25) is 0 Å². The Morgan fingerprint density at radius 2 is 2.20 bits per heavy atom. The average Bonchev–Trinajstić information content (AvgIpc) is 2.29. The number of ether oxygens (including phenoxy) is 2. The predicted molar refractivity (Wildman–Crippen MR) is 60.7 cm³/mol. The van der Waals surface area contributed by atoms with Crippen molar-refractivity contribution in [2.45, 2.75) is 5.16 Å². The van der Waals surface area contributed by atoms with E-state index in [1.54, 1.807) is 13.2 Å². The maximum absolute atomic E-state index is 5.40. The lowest BCUT2D eigenvalue weighted by atomic mass is 10.5. The van der Waals surface area contributed by atoms with Crippen LogP contribution in [0.15, 0.2) is 11.2 Å². The van der Waals surface area contributed by atoms with Gasteiger partial charge in [0.05, 0.1) is 6.61 Å². The second-order valence-electron chi connectivity index (χ2n) is 2.67. The van der Waals surface area contributed by atoms with Crippen LogP contribution in [0.1, 0.15) is 0 Å². The molecule has 1 rings (SSSR count). The summed E-state index contributed by atoms with van der Waals surface area (Å²) in [6, 6.07) is 1.76. The second kappa shape index (κ2) is 6.47. The summed E-state index contributed by atoms with van der Waals surface area (Å²) in [4.78, 5) is 8.43. The molecule has 1 N–H and O–H groups in total. The van der Waals surface area contributed by atoms with Gasteiger partial charge in [0.25, 0.3) is 0 Å². The molecule has 0 aliphatic rings. The first-order chi connectivity index (χ1) is 7.30. The number of methoxy groups -OCH3 is 1. The van der Waals surface area contributed by atoms with E-state index in [4.69, 9.17) is 9.47 Å². The smallest absolute Gasteiger partial charge is 0.219 e. The summed E-state index contributed by atoms with van der Waals surface area (Å²) in [7, 11) is 3.45. The molecule has 1 aromatic rings. The minimum Gasteiger partial charge on any atom is -0.475 e. The number of hydrogen-bond donors (Lipinski definition) is 1. The monoisotopic (exact) mass is 229 g/mol. The fourth-order valence-corrected chi connectivity index (χ4v) is 1.30. The maximum Gasteiger partial charge on any atom is 0.219 e. The highest BCUT2D eigenvalue weighted by Crippen LogP contribution is 2.18. The fourth-order valence-electron chi connectivity index (χ4n) is 0.927. The van der Waals surface area contributed by atoms with Crippen molar-refractivity contribution < 1.29 is 9.47 Å². The van der Waals surface area contributed by atoms with Gasteiger partial charge < -0.3 is 14.8 Å². The summed E-state index contributed by atoms with van der Waals surface area (Å²) in [5.74, 6) is 1.32. The van der Waals surface area contributed by atoms with Gasteiger partial charge in [0.15, 0.2) is 5.16 Å². The third kappa shape index (κ3) is 3.93. The highest BCUT2D eigenvalue weighted by atomic mass is 32.2. The Labute approximate surface area is 93.6 Å². The van der Waals surface area contributed by atoms with E-state index in [-0.39, 0.29) is 0 Å². The van der Waals surface area contributed by atoms with E-state index in [1.807, 2.05) is 13.3 Å². The summed E-state index contributed by atoms with van der Waals surface area (Å²) in [5.41, 5.74) is 0. The molecule has 84 valence electrons. The van der Waals surface area contributed by atoms with Crippen LogP contribution >= 0.6 is 11.8 Å². The zero-order valence-corrected chi connectivity index (χ0v) is 9.93. The molecule has 0 radical (unpaired) electrons. The molecule has 0 aliphatic heterocycles. The van der Waals surface area contributed by atoms with Crippen LogP contribution in [0, 0.1) is 0 Å². The maximum atomic E-state index is 5.40. The summed E-state index contributed by atoms with van der Waals surface area (Å²) in [5, 5.41) is 3.65. The van der Waals surface area contributed by atoms with E-state index in [9.17, 15) is 0 Å². The van der Waals surface area contributed by atoms with Crippen LogP contribution in [0.25, 0.3) is 0 Å². The number of nitrogens with one attached hydrogen (secondary N) is 1. The van der Waals surface area contributed by atoms with Crippen molar-refractivity contribution in [1.29, 1.82) is 0 Å². The van der Waals surface area contributed by atoms with Gasteiger partial charge in [-0.2, -0.15) is 4.98 Å². The number of hydrogen-bond acceptors (Lipinski definition) is 6. The predicted octanol–water partition coefficient (Wildman–Crippen LogP) is 1.27. The van der Waals surface area contributed by atoms with Crippen LogP contribution in [0.2, 0.25) is 0 Å². The molecule has 0 bridgehead atoms. The van der Waals surface area contributed by atoms with Gasteiger partial charge >= 0.3 is 0 Å². The Balaban J connectivity index is 2.68. The lowest BCUT2D eigenvalue weighted by molar-refractivity contribution is 0.143. The number of aromatic nitrogens is 2. The average molecular weight is 229 g/mol. The second-order valence-corrected chi connectivity index (χ2v) is 3.44. The SMILES string of the molecule is CNc1cc(OCCOC)nc(SC)n1. The molecule has 6 heteroatoms. The third-order valence-corrected chi connectivity index (χ3v) is 2.21. The van der Waals surface area contributed by atoms with Gasteiger partial charge in [-0.15, -0.1) is 0 Å². The highest BCUT2D eigenvalue weighted by molar-refractivity contribution is 7.98. The minimum absolute atomic E-state index is 0.491. The van der Waals surface area contributed by atoms with Gasteiger partial charge in [-0.1, -0.05) is 11.8 Å². The highest BCUT2D eigenvalue weighted by Gasteiger charge is 2.03. The lowest BCUT2D eigenvalue weighted by Crippen LogP contribution is -2.07. The van der Waals surface area contributed by atoms with Crippen molar-refractivity contribution in [2.24, 2.45) is 0 Å². The first-order valence-electron chi connectivity index (χ1n) is 4.52. The molecular formula is C9H15N3O2S. The van der Waals surface area contributed by atoms with Crippen LogP contribution in [0.3, 0.4) is 0 Å². The summed E-state index contributed by atoms with van der Waals surface area (Å²) < 4.78 is 10.3. The molecule has 0 saturated carbocycles. The molecule has 0 aliphatic carbocycles. The Morgan fingerprint density at radius 1 is 1.40 bits per heavy atom. The fraction of sp³-hybridized carbons (Fsp3) is 0.556. The lowest BCUT2D eigenvalue weighted by Gasteiger charge is -2.07. The molecule has 1 aromatic heterocycles. The van der Waals surface area contributed by atoms with E-state index in [2.05, 4.69) is 15.3 Å².